The van der Waals surface area contributed by atoms with Crippen LogP contribution in [0.25, 0.3) is 0 Å². The predicted molar refractivity (Wildman–Crippen MR) is 347 cm³/mol. The van der Waals surface area contributed by atoms with E-state index >= 15 is 0 Å². The first-order valence-corrected chi connectivity index (χ1v) is 35.8. The molecule has 0 radical (unpaired) electrons. The lowest BCUT2D eigenvalue weighted by molar-refractivity contribution is -0.302. The van der Waals surface area contributed by atoms with E-state index < -0.39 is 49.5 Å². The maximum absolute atomic E-state index is 13.0. The number of amides is 1. The summed E-state index contributed by atoms with van der Waals surface area (Å²) in [6.45, 7) is 4.33. The molecular weight excluding hydrogens is 1040 g/mol. The number of unbranched alkanes of at least 4 members (excludes halogenated alkanes) is 45. The first kappa shape index (κ1) is 78.9. The lowest BCUT2D eigenvalue weighted by Crippen LogP contribution is -2.60. The van der Waals surface area contributed by atoms with Gasteiger partial charge in [0, 0.05) is 12.8 Å². The summed E-state index contributed by atoms with van der Waals surface area (Å²) in [5.74, 6) is -0.177. The smallest absolute Gasteiger partial charge is 0.305 e. The third-order valence-electron chi connectivity index (χ3n) is 17.0. The molecule has 0 aliphatic carbocycles. The first-order chi connectivity index (χ1) is 40.7. The van der Waals surface area contributed by atoms with Gasteiger partial charge in [-0.15, -0.1) is 0 Å². The summed E-state index contributed by atoms with van der Waals surface area (Å²) in [7, 11) is 0. The molecule has 488 valence electrons. The van der Waals surface area contributed by atoms with E-state index in [0.717, 1.165) is 57.8 Å². The minimum absolute atomic E-state index is 0.00143. The highest BCUT2D eigenvalue weighted by atomic mass is 16.7. The SMILES string of the molecule is CCCCC/C=C\CCCCCCCC(=O)OCCCCCCCCCCCCCC/C=C\CCCCCCCCCCCCCCCCCCCC(=O)NC(COC1OC(CO)C(O)C(O)C1O)C(O)/C=C/CCCCCCCCCC. The molecule has 1 fully saturated rings. The Kier molecular flexibility index (Phi) is 58.5. The van der Waals surface area contributed by atoms with Gasteiger partial charge in [-0.2, -0.15) is 0 Å². The average molecular weight is 1170 g/mol. The minimum atomic E-state index is -1.57. The summed E-state index contributed by atoms with van der Waals surface area (Å²) in [4.78, 5) is 25.1. The molecule has 0 spiro atoms. The van der Waals surface area contributed by atoms with Crippen LogP contribution < -0.4 is 5.32 Å². The second-order valence-electron chi connectivity index (χ2n) is 24.9. The second kappa shape index (κ2) is 61.5. The molecule has 0 aromatic heterocycles. The van der Waals surface area contributed by atoms with Crippen LogP contribution in [0.1, 0.15) is 348 Å². The van der Waals surface area contributed by atoms with Crippen LogP contribution in [0.5, 0.6) is 0 Å². The van der Waals surface area contributed by atoms with Crippen LogP contribution in [0.2, 0.25) is 0 Å². The van der Waals surface area contributed by atoms with Crippen molar-refractivity contribution in [1.29, 1.82) is 0 Å². The molecule has 1 rings (SSSR count). The zero-order valence-electron chi connectivity index (χ0n) is 54.2. The highest BCUT2D eigenvalue weighted by molar-refractivity contribution is 5.76. The van der Waals surface area contributed by atoms with Gasteiger partial charge in [0.1, 0.15) is 24.4 Å². The molecule has 1 aliphatic heterocycles. The third-order valence-corrected chi connectivity index (χ3v) is 17.0. The van der Waals surface area contributed by atoms with Crippen molar-refractivity contribution in [3.05, 3.63) is 36.5 Å². The van der Waals surface area contributed by atoms with Gasteiger partial charge in [-0.3, -0.25) is 9.59 Å². The topological polar surface area (TPSA) is 175 Å². The Bertz CT molecular complexity index is 1470. The van der Waals surface area contributed by atoms with Crippen LogP contribution in [0, 0.1) is 0 Å². The van der Waals surface area contributed by atoms with Gasteiger partial charge >= 0.3 is 5.97 Å². The lowest BCUT2D eigenvalue weighted by Gasteiger charge is -2.40. The van der Waals surface area contributed by atoms with Gasteiger partial charge in [-0.25, -0.2) is 0 Å². The average Bonchev–Trinajstić information content (AvgIpc) is 3.69. The van der Waals surface area contributed by atoms with Crippen LogP contribution in [-0.2, 0) is 23.8 Å². The number of hydrogen-bond acceptors (Lipinski definition) is 10. The van der Waals surface area contributed by atoms with Gasteiger partial charge in [0.05, 0.1) is 32.0 Å². The van der Waals surface area contributed by atoms with E-state index in [1.807, 2.05) is 6.08 Å². The van der Waals surface area contributed by atoms with Crippen molar-refractivity contribution in [2.75, 3.05) is 19.8 Å². The van der Waals surface area contributed by atoms with E-state index in [4.69, 9.17) is 14.2 Å². The van der Waals surface area contributed by atoms with Gasteiger partial charge in [0.2, 0.25) is 5.91 Å². The number of rotatable bonds is 63. The van der Waals surface area contributed by atoms with Gasteiger partial charge in [-0.05, 0) is 83.5 Å². The summed E-state index contributed by atoms with van der Waals surface area (Å²) < 4.78 is 16.7. The molecule has 6 N–H and O–H groups in total. The quantitative estimate of drug-likeness (QED) is 0.0195. The molecule has 11 heteroatoms. The van der Waals surface area contributed by atoms with Crippen molar-refractivity contribution in [3.8, 4) is 0 Å². The van der Waals surface area contributed by atoms with Crippen molar-refractivity contribution in [2.45, 2.75) is 391 Å². The van der Waals surface area contributed by atoms with Crippen molar-refractivity contribution in [1.82, 2.24) is 5.32 Å². The molecule has 7 unspecified atom stereocenters. The standard InChI is InChI=1S/C72H135NO10/c1-3-5-7-9-11-13-15-40-44-48-52-56-60-68(77)81-61-57-53-49-45-41-38-36-34-32-30-28-26-24-22-20-18-16-17-19-21-23-25-27-29-31-33-35-37-39-43-47-51-55-59-67(76)73-64(63-82-72-71(80)70(79)69(78)66(62-74)83-72)65(75)58-54-50-46-42-14-12-10-8-6-4-2/h11,13,20,22,54,58,64-66,69-72,74-75,78-80H,3-10,12,14-19,21,23-53,55-57,59-63H2,1-2H3,(H,73,76)/b13-11-,22-20-,58-54+. The van der Waals surface area contributed by atoms with Gasteiger partial charge in [-0.1, -0.05) is 288 Å². The molecule has 11 nitrogen and oxygen atoms in total. The molecule has 1 aliphatic rings. The highest BCUT2D eigenvalue weighted by Crippen LogP contribution is 2.23. The number of carbonyl (C=O) groups excluding carboxylic acids is 2. The lowest BCUT2D eigenvalue weighted by atomic mass is 9.99. The van der Waals surface area contributed by atoms with Crippen LogP contribution in [-0.4, -0.2) is 100 Å². The number of nitrogens with one attached hydrogen (secondary N) is 1. The molecule has 0 saturated carbocycles. The Labute approximate surface area is 511 Å². The number of esters is 1. The Morgan fingerprint density at radius 1 is 0.434 bits per heavy atom. The summed E-state index contributed by atoms with van der Waals surface area (Å²) in [5, 5.41) is 54.4. The number of ether oxygens (including phenoxy) is 3. The third kappa shape index (κ3) is 50.6. The number of aliphatic hydroxyl groups is 5. The van der Waals surface area contributed by atoms with E-state index in [-0.39, 0.29) is 18.5 Å². The van der Waals surface area contributed by atoms with Crippen LogP contribution in [0.4, 0.5) is 0 Å². The second-order valence-corrected chi connectivity index (χ2v) is 24.9. The fourth-order valence-electron chi connectivity index (χ4n) is 11.3. The van der Waals surface area contributed by atoms with E-state index in [9.17, 15) is 35.1 Å². The number of allylic oxidation sites excluding steroid dienone is 5. The number of carbonyl (C=O) groups is 2. The van der Waals surface area contributed by atoms with Crippen molar-refractivity contribution in [3.63, 3.8) is 0 Å². The predicted octanol–water partition coefficient (Wildman–Crippen LogP) is 18.2. The van der Waals surface area contributed by atoms with Crippen molar-refractivity contribution < 1.29 is 49.3 Å². The monoisotopic (exact) mass is 1170 g/mol. The number of hydrogen-bond donors (Lipinski definition) is 6. The minimum Gasteiger partial charge on any atom is -0.466 e. The molecule has 1 amide bonds. The summed E-state index contributed by atoms with van der Waals surface area (Å²) in [5.41, 5.74) is 0. The normalized spacial score (nSPS) is 18.3. The van der Waals surface area contributed by atoms with Crippen molar-refractivity contribution >= 4 is 11.9 Å². The Balaban J connectivity index is 1.92. The highest BCUT2D eigenvalue weighted by Gasteiger charge is 2.44. The van der Waals surface area contributed by atoms with Crippen LogP contribution in [0.3, 0.4) is 0 Å². The zero-order valence-corrected chi connectivity index (χ0v) is 54.2. The van der Waals surface area contributed by atoms with E-state index in [0.29, 0.717) is 19.4 Å². The van der Waals surface area contributed by atoms with Gasteiger partial charge in [0.15, 0.2) is 6.29 Å². The molecular formula is C72H135NO10. The largest absolute Gasteiger partial charge is 0.466 e. The van der Waals surface area contributed by atoms with Gasteiger partial charge < -0.3 is 45.1 Å². The Hall–Kier alpha value is -2.12. The van der Waals surface area contributed by atoms with E-state index in [2.05, 4.69) is 43.5 Å². The fraction of sp³-hybridized carbons (Fsp3) is 0.889. The summed E-state index contributed by atoms with van der Waals surface area (Å²) in [6, 6.07) is -0.806. The van der Waals surface area contributed by atoms with E-state index in [1.54, 1.807) is 6.08 Å². The summed E-state index contributed by atoms with van der Waals surface area (Å²) >= 11 is 0. The van der Waals surface area contributed by atoms with Crippen LogP contribution in [0.15, 0.2) is 36.5 Å². The maximum atomic E-state index is 13.0. The maximum Gasteiger partial charge on any atom is 0.305 e. The zero-order chi connectivity index (χ0) is 60.2. The van der Waals surface area contributed by atoms with Crippen molar-refractivity contribution in [2.24, 2.45) is 0 Å². The van der Waals surface area contributed by atoms with Crippen LogP contribution >= 0.6 is 0 Å². The molecule has 1 saturated heterocycles. The van der Waals surface area contributed by atoms with Gasteiger partial charge in [0.25, 0.3) is 0 Å². The first-order valence-electron chi connectivity index (χ1n) is 35.8. The Morgan fingerprint density at radius 3 is 1.18 bits per heavy atom. The summed E-state index contributed by atoms with van der Waals surface area (Å²) in [6.07, 6.45) is 68.7. The molecule has 7 atom stereocenters. The van der Waals surface area contributed by atoms with E-state index in [1.165, 1.54) is 263 Å². The number of aliphatic hydroxyl groups excluding tert-OH is 5. The molecule has 83 heavy (non-hydrogen) atoms. The molecule has 0 bridgehead atoms. The molecule has 0 aromatic carbocycles. The molecule has 1 heterocycles. The molecule has 0 aromatic rings. The Morgan fingerprint density at radius 2 is 0.771 bits per heavy atom. The fourth-order valence-corrected chi connectivity index (χ4v) is 11.3.